The first-order chi connectivity index (χ1) is 13.5. The molecule has 0 N–H and O–H groups in total. The fourth-order valence-corrected chi connectivity index (χ4v) is 3.60. The second kappa shape index (κ2) is 8.37. The number of hydrogen-bond donors (Lipinski definition) is 0. The third-order valence-corrected chi connectivity index (χ3v) is 5.12. The molecule has 1 aliphatic heterocycles. The highest BCUT2D eigenvalue weighted by Gasteiger charge is 2.41. The van der Waals surface area contributed by atoms with E-state index in [-0.39, 0.29) is 17.0 Å². The van der Waals surface area contributed by atoms with E-state index in [0.29, 0.717) is 6.54 Å². The van der Waals surface area contributed by atoms with E-state index in [1.54, 1.807) is 29.2 Å². The lowest BCUT2D eigenvalue weighted by molar-refractivity contribution is -0.154. The quantitative estimate of drug-likeness (QED) is 0.556. The van der Waals surface area contributed by atoms with Gasteiger partial charge in [-0.05, 0) is 51.7 Å². The summed E-state index contributed by atoms with van der Waals surface area (Å²) in [6.45, 7) is 3.38. The molecule has 1 aromatic carbocycles. The number of carbonyl (C=O) groups is 4. The number of benzene rings is 1. The lowest BCUT2D eigenvalue weighted by Gasteiger charge is -2.27. The van der Waals surface area contributed by atoms with Crippen molar-refractivity contribution in [2.75, 3.05) is 13.2 Å². The van der Waals surface area contributed by atoms with Gasteiger partial charge >= 0.3 is 5.97 Å². The van der Waals surface area contributed by atoms with E-state index in [4.69, 9.17) is 4.74 Å². The van der Waals surface area contributed by atoms with E-state index >= 15 is 0 Å². The van der Waals surface area contributed by atoms with Crippen LogP contribution in [0.3, 0.4) is 0 Å². The topological polar surface area (TPSA) is 84.0 Å². The van der Waals surface area contributed by atoms with Crippen molar-refractivity contribution >= 4 is 23.7 Å². The standard InChI is InChI=1S/C21H24N2O5/c1-3-22(15-9-5-4-6-10-15)18(24)13-28-21(27)14(2)23-19(25)16-11-7-8-12-17(16)20(23)26/h7-9,11-12,14H,3-6,10,13H2,1-2H3/t14-/m1/s1. The Morgan fingerprint density at radius 3 is 2.32 bits per heavy atom. The molecular formula is C21H24N2O5. The van der Waals surface area contributed by atoms with Gasteiger partial charge in [0.05, 0.1) is 11.1 Å². The van der Waals surface area contributed by atoms with Crippen molar-refractivity contribution in [1.29, 1.82) is 0 Å². The molecule has 0 saturated heterocycles. The number of fused-ring (bicyclic) bond motifs is 1. The Hall–Kier alpha value is -2.96. The fraction of sp³-hybridized carbons (Fsp3) is 0.429. The molecule has 3 rings (SSSR count). The molecule has 0 unspecified atom stereocenters. The highest BCUT2D eigenvalue weighted by atomic mass is 16.5. The molecular weight excluding hydrogens is 360 g/mol. The summed E-state index contributed by atoms with van der Waals surface area (Å²) in [6, 6.07) is 5.31. The van der Waals surface area contributed by atoms with Gasteiger partial charge in [0.1, 0.15) is 6.04 Å². The molecule has 2 aliphatic rings. The largest absolute Gasteiger partial charge is 0.454 e. The normalized spacial score (nSPS) is 17.1. The van der Waals surface area contributed by atoms with Crippen molar-refractivity contribution < 1.29 is 23.9 Å². The molecule has 7 nitrogen and oxygen atoms in total. The minimum Gasteiger partial charge on any atom is -0.454 e. The molecule has 0 aromatic heterocycles. The van der Waals surface area contributed by atoms with Crippen molar-refractivity contribution in [1.82, 2.24) is 9.80 Å². The van der Waals surface area contributed by atoms with Gasteiger partial charge in [0.15, 0.2) is 6.61 Å². The number of likely N-dealkylation sites (N-methyl/N-ethyl adjacent to an activating group) is 1. The van der Waals surface area contributed by atoms with E-state index < -0.39 is 30.4 Å². The van der Waals surface area contributed by atoms with Crippen LogP contribution in [-0.4, -0.2) is 52.7 Å². The molecule has 28 heavy (non-hydrogen) atoms. The number of esters is 1. The van der Waals surface area contributed by atoms with Gasteiger partial charge in [-0.1, -0.05) is 18.2 Å². The Balaban J connectivity index is 1.62. The Morgan fingerprint density at radius 2 is 1.79 bits per heavy atom. The summed E-state index contributed by atoms with van der Waals surface area (Å²) in [4.78, 5) is 52.3. The Morgan fingerprint density at radius 1 is 1.14 bits per heavy atom. The summed E-state index contributed by atoms with van der Waals surface area (Å²) < 4.78 is 5.14. The first-order valence-corrected chi connectivity index (χ1v) is 9.58. The van der Waals surface area contributed by atoms with Crippen LogP contribution in [0.5, 0.6) is 0 Å². The van der Waals surface area contributed by atoms with Gasteiger partial charge in [-0.25, -0.2) is 4.79 Å². The smallest absolute Gasteiger partial charge is 0.329 e. The van der Waals surface area contributed by atoms with Crippen LogP contribution in [-0.2, 0) is 14.3 Å². The van der Waals surface area contributed by atoms with E-state index in [9.17, 15) is 19.2 Å². The number of amides is 3. The Labute approximate surface area is 163 Å². The molecule has 1 heterocycles. The molecule has 3 amide bonds. The summed E-state index contributed by atoms with van der Waals surface area (Å²) in [5.74, 6) is -2.15. The number of carbonyl (C=O) groups excluding carboxylic acids is 4. The minimum absolute atomic E-state index is 0.268. The molecule has 0 saturated carbocycles. The van der Waals surface area contributed by atoms with Crippen LogP contribution >= 0.6 is 0 Å². The predicted molar refractivity (Wildman–Crippen MR) is 101 cm³/mol. The maximum absolute atomic E-state index is 12.5. The minimum atomic E-state index is -1.11. The molecule has 0 bridgehead atoms. The van der Waals surface area contributed by atoms with Crippen molar-refractivity contribution in [3.05, 3.63) is 47.2 Å². The lowest BCUT2D eigenvalue weighted by atomic mass is 10.0. The first kappa shape index (κ1) is 19.8. The van der Waals surface area contributed by atoms with Gasteiger partial charge in [-0.3, -0.25) is 19.3 Å². The molecule has 1 atom stereocenters. The van der Waals surface area contributed by atoms with Gasteiger partial charge in [0.2, 0.25) is 0 Å². The SMILES string of the molecule is CCN(C(=O)COC(=O)[C@@H](C)N1C(=O)c2ccccc2C1=O)C1=CCCCC1. The molecule has 1 aliphatic carbocycles. The zero-order valence-electron chi connectivity index (χ0n) is 16.1. The Kier molecular flexibility index (Phi) is 5.92. The van der Waals surface area contributed by atoms with Crippen molar-refractivity contribution in [3.8, 4) is 0 Å². The maximum atomic E-state index is 12.5. The van der Waals surface area contributed by atoms with Crippen molar-refractivity contribution in [3.63, 3.8) is 0 Å². The van der Waals surface area contributed by atoms with Gasteiger partial charge in [0.25, 0.3) is 17.7 Å². The van der Waals surface area contributed by atoms with Gasteiger partial charge in [-0.2, -0.15) is 0 Å². The van der Waals surface area contributed by atoms with Crippen LogP contribution in [0.15, 0.2) is 36.0 Å². The number of nitrogens with zero attached hydrogens (tertiary/aromatic N) is 2. The summed E-state index contributed by atoms with van der Waals surface area (Å²) in [6.07, 6.45) is 5.97. The summed E-state index contributed by atoms with van der Waals surface area (Å²) in [7, 11) is 0. The number of allylic oxidation sites excluding steroid dienone is 2. The number of rotatable bonds is 6. The molecule has 0 spiro atoms. The van der Waals surface area contributed by atoms with Gasteiger partial charge in [0, 0.05) is 12.2 Å². The van der Waals surface area contributed by atoms with Crippen LogP contribution in [0.25, 0.3) is 0 Å². The monoisotopic (exact) mass is 384 g/mol. The maximum Gasteiger partial charge on any atom is 0.329 e. The average molecular weight is 384 g/mol. The third kappa shape index (κ3) is 3.69. The zero-order valence-corrected chi connectivity index (χ0v) is 16.1. The zero-order chi connectivity index (χ0) is 20.3. The van der Waals surface area contributed by atoms with E-state index in [1.165, 1.54) is 6.92 Å². The van der Waals surface area contributed by atoms with Crippen LogP contribution in [0.2, 0.25) is 0 Å². The number of imide groups is 1. The summed E-state index contributed by atoms with van der Waals surface area (Å²) >= 11 is 0. The molecule has 148 valence electrons. The highest BCUT2D eigenvalue weighted by molar-refractivity contribution is 6.22. The first-order valence-electron chi connectivity index (χ1n) is 9.58. The summed E-state index contributed by atoms with van der Waals surface area (Å²) in [5.41, 5.74) is 1.50. The Bertz CT molecular complexity index is 810. The molecule has 1 aromatic rings. The van der Waals surface area contributed by atoms with Crippen LogP contribution < -0.4 is 0 Å². The van der Waals surface area contributed by atoms with Gasteiger partial charge in [-0.15, -0.1) is 0 Å². The second-order valence-electron chi connectivity index (χ2n) is 6.89. The number of hydrogen-bond acceptors (Lipinski definition) is 5. The highest BCUT2D eigenvalue weighted by Crippen LogP contribution is 2.25. The average Bonchev–Trinajstić information content (AvgIpc) is 2.97. The fourth-order valence-electron chi connectivity index (χ4n) is 3.60. The second-order valence-corrected chi connectivity index (χ2v) is 6.89. The van der Waals surface area contributed by atoms with Gasteiger partial charge < -0.3 is 9.64 Å². The number of ether oxygens (including phenoxy) is 1. The third-order valence-electron chi connectivity index (χ3n) is 5.12. The van der Waals surface area contributed by atoms with Crippen molar-refractivity contribution in [2.24, 2.45) is 0 Å². The molecule has 7 heteroatoms. The summed E-state index contributed by atoms with van der Waals surface area (Å²) in [5, 5.41) is 0. The predicted octanol–water partition coefficient (Wildman–Crippen LogP) is 2.52. The lowest BCUT2D eigenvalue weighted by Crippen LogP contribution is -2.44. The van der Waals surface area contributed by atoms with E-state index in [2.05, 4.69) is 0 Å². The van der Waals surface area contributed by atoms with E-state index in [0.717, 1.165) is 36.3 Å². The van der Waals surface area contributed by atoms with Crippen LogP contribution in [0.4, 0.5) is 0 Å². The van der Waals surface area contributed by atoms with Crippen molar-refractivity contribution in [2.45, 2.75) is 45.6 Å². The molecule has 0 radical (unpaired) electrons. The molecule has 0 fully saturated rings. The van der Waals surface area contributed by atoms with Crippen LogP contribution in [0, 0.1) is 0 Å². The van der Waals surface area contributed by atoms with E-state index in [1.807, 2.05) is 13.0 Å². The van der Waals surface area contributed by atoms with Crippen LogP contribution in [0.1, 0.15) is 60.2 Å².